The van der Waals surface area contributed by atoms with Gasteiger partial charge in [-0.2, -0.15) is 0 Å². The predicted octanol–water partition coefficient (Wildman–Crippen LogP) is 2.49. The zero-order valence-electron chi connectivity index (χ0n) is 12.0. The van der Waals surface area contributed by atoms with E-state index in [1.165, 1.54) is 19.3 Å². The van der Waals surface area contributed by atoms with Crippen LogP contribution in [0.25, 0.3) is 0 Å². The van der Waals surface area contributed by atoms with Crippen molar-refractivity contribution in [2.45, 2.75) is 62.4 Å². The van der Waals surface area contributed by atoms with Crippen molar-refractivity contribution in [3.05, 3.63) is 35.9 Å². The molecule has 1 amide bonds. The van der Waals surface area contributed by atoms with Crippen LogP contribution in [0.15, 0.2) is 30.3 Å². The molecule has 3 nitrogen and oxygen atoms in total. The molecule has 0 bridgehead atoms. The van der Waals surface area contributed by atoms with Crippen LogP contribution >= 0.6 is 0 Å². The summed E-state index contributed by atoms with van der Waals surface area (Å²) in [6, 6.07) is 10.4. The molecule has 2 fully saturated rings. The predicted molar refractivity (Wildman–Crippen MR) is 80.3 cm³/mol. The van der Waals surface area contributed by atoms with E-state index in [2.05, 4.69) is 17.4 Å². The van der Waals surface area contributed by atoms with Crippen molar-refractivity contribution < 1.29 is 4.79 Å². The summed E-state index contributed by atoms with van der Waals surface area (Å²) in [5.74, 6) is 0.186. The summed E-state index contributed by atoms with van der Waals surface area (Å²) in [4.78, 5) is 12.7. The van der Waals surface area contributed by atoms with Crippen molar-refractivity contribution in [1.82, 2.24) is 5.32 Å². The number of carbonyl (C=O) groups is 1. The molecule has 0 aromatic heterocycles. The molecule has 20 heavy (non-hydrogen) atoms. The van der Waals surface area contributed by atoms with Gasteiger partial charge in [-0.15, -0.1) is 0 Å². The molecule has 0 aliphatic heterocycles. The zero-order chi connectivity index (χ0) is 14.0. The van der Waals surface area contributed by atoms with Crippen LogP contribution in [0.4, 0.5) is 0 Å². The van der Waals surface area contributed by atoms with E-state index < -0.39 is 0 Å². The van der Waals surface area contributed by atoms with Gasteiger partial charge in [-0.25, -0.2) is 0 Å². The van der Waals surface area contributed by atoms with Gasteiger partial charge >= 0.3 is 0 Å². The molecule has 108 valence electrons. The van der Waals surface area contributed by atoms with Gasteiger partial charge in [0.2, 0.25) is 5.91 Å². The third-order valence-corrected chi connectivity index (χ3v) is 4.90. The fraction of sp³-hybridized carbons (Fsp3) is 0.588. The second-order valence-corrected chi connectivity index (χ2v) is 6.33. The maximum atomic E-state index is 12.7. The van der Waals surface area contributed by atoms with Crippen LogP contribution in [-0.4, -0.2) is 18.0 Å². The fourth-order valence-corrected chi connectivity index (χ4v) is 3.35. The van der Waals surface area contributed by atoms with E-state index in [0.29, 0.717) is 0 Å². The first-order valence-corrected chi connectivity index (χ1v) is 7.84. The lowest BCUT2D eigenvalue weighted by Gasteiger charge is -2.25. The molecule has 1 aromatic carbocycles. The molecule has 0 heterocycles. The minimum atomic E-state index is -0.271. The summed E-state index contributed by atoms with van der Waals surface area (Å²) in [6.07, 6.45) is 7.59. The highest BCUT2D eigenvalue weighted by Gasteiger charge is 2.51. The molecular formula is C17H24N2O. The number of amides is 1. The van der Waals surface area contributed by atoms with Gasteiger partial charge in [0.25, 0.3) is 0 Å². The average molecular weight is 272 g/mol. The lowest BCUT2D eigenvalue weighted by atomic mass is 9.93. The minimum Gasteiger partial charge on any atom is -0.351 e. The number of rotatable bonds is 3. The second kappa shape index (κ2) is 5.57. The summed E-state index contributed by atoms with van der Waals surface area (Å²) >= 11 is 0. The molecule has 0 radical (unpaired) electrons. The molecule has 0 saturated heterocycles. The summed E-state index contributed by atoms with van der Waals surface area (Å²) in [6.45, 7) is 0. The van der Waals surface area contributed by atoms with E-state index in [-0.39, 0.29) is 23.4 Å². The lowest BCUT2D eigenvalue weighted by Crippen LogP contribution is -2.50. The quantitative estimate of drug-likeness (QED) is 0.831. The Kier molecular flexibility index (Phi) is 3.79. The van der Waals surface area contributed by atoms with Crippen molar-refractivity contribution in [2.75, 3.05) is 0 Å². The number of nitrogens with one attached hydrogen (secondary N) is 1. The summed E-state index contributed by atoms with van der Waals surface area (Å²) in [5.41, 5.74) is 7.10. The van der Waals surface area contributed by atoms with Gasteiger partial charge in [-0.3, -0.25) is 4.79 Å². The monoisotopic (exact) mass is 272 g/mol. The van der Waals surface area contributed by atoms with Crippen LogP contribution < -0.4 is 11.1 Å². The van der Waals surface area contributed by atoms with Gasteiger partial charge in [-0.05, 0) is 31.2 Å². The average Bonchev–Trinajstić information content (AvgIpc) is 3.28. The molecule has 3 rings (SSSR count). The summed E-state index contributed by atoms with van der Waals surface area (Å²) < 4.78 is 0. The second-order valence-electron chi connectivity index (χ2n) is 6.33. The Morgan fingerprint density at radius 2 is 1.80 bits per heavy atom. The Hall–Kier alpha value is -1.35. The Morgan fingerprint density at radius 1 is 1.10 bits per heavy atom. The molecule has 2 unspecified atom stereocenters. The van der Waals surface area contributed by atoms with E-state index >= 15 is 0 Å². The van der Waals surface area contributed by atoms with E-state index in [1.54, 1.807) is 0 Å². The van der Waals surface area contributed by atoms with E-state index in [1.807, 2.05) is 18.2 Å². The maximum Gasteiger partial charge on any atom is 0.230 e. The number of carbonyl (C=O) groups excluding carboxylic acids is 1. The number of nitrogens with two attached hydrogens (primary N) is 1. The van der Waals surface area contributed by atoms with Crippen LogP contribution in [0.2, 0.25) is 0 Å². The number of benzene rings is 1. The standard InChI is InChI=1S/C17H24N2O/c18-14-9-5-2-6-10-15(14)19-16(20)17(11-12-17)13-7-3-1-4-8-13/h1,3-4,7-8,14-15H,2,5-6,9-12,18H2,(H,19,20). The Balaban J connectivity index is 1.70. The van der Waals surface area contributed by atoms with E-state index in [0.717, 1.165) is 31.2 Å². The van der Waals surface area contributed by atoms with Gasteiger partial charge in [0.15, 0.2) is 0 Å². The molecular weight excluding hydrogens is 248 g/mol. The number of hydrogen-bond donors (Lipinski definition) is 2. The molecule has 3 heteroatoms. The maximum absolute atomic E-state index is 12.7. The van der Waals surface area contributed by atoms with Gasteiger partial charge in [0.05, 0.1) is 5.41 Å². The summed E-state index contributed by atoms with van der Waals surface area (Å²) in [7, 11) is 0. The first kappa shape index (κ1) is 13.6. The summed E-state index contributed by atoms with van der Waals surface area (Å²) in [5, 5.41) is 3.25. The van der Waals surface area contributed by atoms with Crippen LogP contribution in [0, 0.1) is 0 Å². The smallest absolute Gasteiger partial charge is 0.230 e. The van der Waals surface area contributed by atoms with E-state index in [4.69, 9.17) is 5.73 Å². The Bertz CT molecular complexity index is 467. The van der Waals surface area contributed by atoms with Crippen molar-refractivity contribution in [3.63, 3.8) is 0 Å². The molecule has 2 saturated carbocycles. The van der Waals surface area contributed by atoms with Crippen LogP contribution in [0.5, 0.6) is 0 Å². The third-order valence-electron chi connectivity index (χ3n) is 4.90. The number of hydrogen-bond acceptors (Lipinski definition) is 2. The van der Waals surface area contributed by atoms with Crippen molar-refractivity contribution in [2.24, 2.45) is 5.73 Å². The highest BCUT2D eigenvalue weighted by atomic mass is 16.2. The first-order chi connectivity index (χ1) is 9.72. The zero-order valence-corrected chi connectivity index (χ0v) is 12.0. The molecule has 0 spiro atoms. The van der Waals surface area contributed by atoms with Gasteiger partial charge in [0, 0.05) is 12.1 Å². The van der Waals surface area contributed by atoms with Crippen LogP contribution in [-0.2, 0) is 10.2 Å². The molecule has 1 aromatic rings. The van der Waals surface area contributed by atoms with Crippen LogP contribution in [0.1, 0.15) is 50.5 Å². The molecule has 2 aliphatic carbocycles. The normalized spacial score (nSPS) is 28.4. The van der Waals surface area contributed by atoms with Crippen molar-refractivity contribution >= 4 is 5.91 Å². The Labute approximate surface area is 120 Å². The molecule has 2 atom stereocenters. The van der Waals surface area contributed by atoms with Crippen molar-refractivity contribution in [1.29, 1.82) is 0 Å². The largest absolute Gasteiger partial charge is 0.351 e. The lowest BCUT2D eigenvalue weighted by molar-refractivity contribution is -0.124. The highest BCUT2D eigenvalue weighted by molar-refractivity contribution is 5.91. The topological polar surface area (TPSA) is 55.1 Å². The highest BCUT2D eigenvalue weighted by Crippen LogP contribution is 2.48. The third kappa shape index (κ3) is 2.59. The van der Waals surface area contributed by atoms with Crippen LogP contribution in [0.3, 0.4) is 0 Å². The molecule has 2 aliphatic rings. The minimum absolute atomic E-state index is 0.119. The van der Waals surface area contributed by atoms with Gasteiger partial charge < -0.3 is 11.1 Å². The fourth-order valence-electron chi connectivity index (χ4n) is 3.35. The van der Waals surface area contributed by atoms with Gasteiger partial charge in [-0.1, -0.05) is 49.6 Å². The Morgan fingerprint density at radius 3 is 2.50 bits per heavy atom. The van der Waals surface area contributed by atoms with Crippen molar-refractivity contribution in [3.8, 4) is 0 Å². The first-order valence-electron chi connectivity index (χ1n) is 7.84. The molecule has 3 N–H and O–H groups in total. The SMILES string of the molecule is NC1CCCCCC1NC(=O)C1(c2ccccc2)CC1. The van der Waals surface area contributed by atoms with Gasteiger partial charge in [0.1, 0.15) is 0 Å². The van der Waals surface area contributed by atoms with E-state index in [9.17, 15) is 4.79 Å².